The summed E-state index contributed by atoms with van der Waals surface area (Å²) in [6, 6.07) is 4.50. The average Bonchev–Trinajstić information content (AvgIpc) is 3.15. The van der Waals surface area contributed by atoms with Crippen molar-refractivity contribution >= 4 is 57.3 Å². The molecule has 0 saturated heterocycles. The number of hydrogen-bond acceptors (Lipinski definition) is 8. The van der Waals surface area contributed by atoms with Gasteiger partial charge >= 0.3 is 17.9 Å². The number of carbonyl (C=O) groups is 3. The number of rotatable bonds is 7. The van der Waals surface area contributed by atoms with Crippen molar-refractivity contribution in [3.8, 4) is 0 Å². The molecular formula is C24H28N2O6S2. The Morgan fingerprint density at radius 1 is 1.03 bits per heavy atom. The molecule has 3 rings (SSSR count). The van der Waals surface area contributed by atoms with Crippen LogP contribution in [-0.2, 0) is 27.1 Å². The Morgan fingerprint density at radius 3 is 2.21 bits per heavy atom. The molecule has 1 aromatic carbocycles. The first-order chi connectivity index (χ1) is 16.3. The zero-order valence-corrected chi connectivity index (χ0v) is 21.2. The standard InChI is InChI=1S/C24H28N2O6S2/c1-5-31-21(27)14-10-15(22(28)32-6-2)12-16(11-14)25-24(33)26-20-19(23(29)30-4)17-8-7-13(3)9-18(17)34-20/h10-13H,5-9H2,1-4H3,(H2,25,26,33). The predicted molar refractivity (Wildman–Crippen MR) is 135 cm³/mol. The van der Waals surface area contributed by atoms with Crippen molar-refractivity contribution < 1.29 is 28.6 Å². The van der Waals surface area contributed by atoms with E-state index in [1.165, 1.54) is 36.6 Å². The molecule has 2 aromatic rings. The van der Waals surface area contributed by atoms with Gasteiger partial charge in [0, 0.05) is 10.6 Å². The van der Waals surface area contributed by atoms with Gasteiger partial charge in [0.25, 0.3) is 0 Å². The highest BCUT2D eigenvalue weighted by Gasteiger charge is 2.28. The number of esters is 3. The predicted octanol–water partition coefficient (Wildman–Crippen LogP) is 4.82. The third-order valence-electron chi connectivity index (χ3n) is 5.34. The first-order valence-corrected chi connectivity index (χ1v) is 12.3. The Labute approximate surface area is 208 Å². The van der Waals surface area contributed by atoms with Crippen LogP contribution in [0.4, 0.5) is 10.7 Å². The molecule has 1 aromatic heterocycles. The van der Waals surface area contributed by atoms with E-state index in [4.69, 9.17) is 26.4 Å². The summed E-state index contributed by atoms with van der Waals surface area (Å²) in [6.07, 6.45) is 2.72. The van der Waals surface area contributed by atoms with Crippen molar-refractivity contribution in [3.05, 3.63) is 45.3 Å². The van der Waals surface area contributed by atoms with Gasteiger partial charge in [0.2, 0.25) is 0 Å². The number of thiophene rings is 1. The molecule has 10 heteroatoms. The fourth-order valence-electron chi connectivity index (χ4n) is 3.79. The molecule has 182 valence electrons. The smallest absolute Gasteiger partial charge is 0.341 e. The fraction of sp³-hybridized carbons (Fsp3) is 0.417. The molecule has 0 saturated carbocycles. The second-order valence-electron chi connectivity index (χ2n) is 7.87. The van der Waals surface area contributed by atoms with Crippen molar-refractivity contribution in [2.45, 2.75) is 40.0 Å². The van der Waals surface area contributed by atoms with E-state index in [9.17, 15) is 14.4 Å². The van der Waals surface area contributed by atoms with Crippen molar-refractivity contribution in [2.24, 2.45) is 5.92 Å². The lowest BCUT2D eigenvalue weighted by Gasteiger charge is -2.18. The average molecular weight is 505 g/mol. The number of ether oxygens (including phenoxy) is 3. The lowest BCUT2D eigenvalue weighted by molar-refractivity contribution is 0.0523. The molecule has 0 spiro atoms. The van der Waals surface area contributed by atoms with E-state index in [2.05, 4.69) is 17.6 Å². The first-order valence-electron chi connectivity index (χ1n) is 11.1. The summed E-state index contributed by atoms with van der Waals surface area (Å²) in [5.41, 5.74) is 2.29. The maximum atomic E-state index is 12.5. The summed E-state index contributed by atoms with van der Waals surface area (Å²) in [5.74, 6) is -1.00. The molecule has 34 heavy (non-hydrogen) atoms. The Bertz CT molecular complexity index is 1070. The third kappa shape index (κ3) is 5.92. The van der Waals surface area contributed by atoms with Gasteiger partial charge in [0.15, 0.2) is 5.11 Å². The van der Waals surface area contributed by atoms with E-state index in [0.29, 0.717) is 22.2 Å². The Morgan fingerprint density at radius 2 is 1.65 bits per heavy atom. The zero-order chi connectivity index (χ0) is 24.8. The van der Waals surface area contributed by atoms with Crippen molar-refractivity contribution in [2.75, 3.05) is 31.0 Å². The fourth-order valence-corrected chi connectivity index (χ4v) is 5.47. The molecular weight excluding hydrogens is 476 g/mol. The van der Waals surface area contributed by atoms with Gasteiger partial charge in [-0.25, -0.2) is 14.4 Å². The van der Waals surface area contributed by atoms with E-state index in [0.717, 1.165) is 29.7 Å². The summed E-state index contributed by atoms with van der Waals surface area (Å²) < 4.78 is 15.2. The van der Waals surface area contributed by atoms with E-state index in [1.54, 1.807) is 13.8 Å². The van der Waals surface area contributed by atoms with Crippen LogP contribution in [0.5, 0.6) is 0 Å². The van der Waals surface area contributed by atoms with Gasteiger partial charge in [-0.1, -0.05) is 6.92 Å². The Kier molecular flexibility index (Phi) is 8.62. The number of anilines is 2. The first kappa shape index (κ1) is 25.6. The molecule has 1 heterocycles. The highest BCUT2D eigenvalue weighted by atomic mass is 32.1. The molecule has 0 aliphatic heterocycles. The minimum absolute atomic E-state index is 0.188. The number of fused-ring (bicyclic) bond motifs is 1. The molecule has 1 aliphatic rings. The van der Waals surface area contributed by atoms with Crippen LogP contribution in [0, 0.1) is 5.92 Å². The number of thiocarbonyl (C=S) groups is 1. The molecule has 1 unspecified atom stereocenters. The normalized spacial score (nSPS) is 14.5. The maximum Gasteiger partial charge on any atom is 0.341 e. The van der Waals surface area contributed by atoms with Gasteiger partial charge in [-0.05, 0) is 75.0 Å². The van der Waals surface area contributed by atoms with E-state index in [-0.39, 0.29) is 29.5 Å². The van der Waals surface area contributed by atoms with Gasteiger partial charge in [-0.15, -0.1) is 11.3 Å². The van der Waals surface area contributed by atoms with Gasteiger partial charge < -0.3 is 24.8 Å². The maximum absolute atomic E-state index is 12.5. The number of benzene rings is 1. The summed E-state index contributed by atoms with van der Waals surface area (Å²) in [7, 11) is 1.36. The van der Waals surface area contributed by atoms with Crippen LogP contribution in [0.15, 0.2) is 18.2 Å². The molecule has 2 N–H and O–H groups in total. The highest BCUT2D eigenvalue weighted by Crippen LogP contribution is 2.40. The zero-order valence-electron chi connectivity index (χ0n) is 19.6. The Balaban J connectivity index is 1.87. The van der Waals surface area contributed by atoms with E-state index < -0.39 is 17.9 Å². The summed E-state index contributed by atoms with van der Waals surface area (Å²) in [6.45, 7) is 5.99. The molecule has 0 radical (unpaired) electrons. The SMILES string of the molecule is CCOC(=O)c1cc(NC(=S)Nc2sc3c(c2C(=O)OC)CCC(C)C3)cc(C(=O)OCC)c1. The van der Waals surface area contributed by atoms with E-state index >= 15 is 0 Å². The monoisotopic (exact) mass is 504 g/mol. The Hall–Kier alpha value is -2.98. The van der Waals surface area contributed by atoms with Gasteiger partial charge in [-0.2, -0.15) is 0 Å². The number of carbonyl (C=O) groups excluding carboxylic acids is 3. The van der Waals surface area contributed by atoms with Crippen molar-refractivity contribution in [1.82, 2.24) is 0 Å². The minimum Gasteiger partial charge on any atom is -0.465 e. The van der Waals surface area contributed by atoms with Crippen LogP contribution in [0.1, 0.15) is 68.7 Å². The topological polar surface area (TPSA) is 103 Å². The molecule has 1 atom stereocenters. The minimum atomic E-state index is -0.566. The highest BCUT2D eigenvalue weighted by molar-refractivity contribution is 7.80. The third-order valence-corrected chi connectivity index (χ3v) is 6.72. The van der Waals surface area contributed by atoms with Crippen LogP contribution >= 0.6 is 23.6 Å². The van der Waals surface area contributed by atoms with Gasteiger partial charge in [0.1, 0.15) is 5.00 Å². The molecule has 0 fully saturated rings. The summed E-state index contributed by atoms with van der Waals surface area (Å²) >= 11 is 6.97. The molecule has 0 bridgehead atoms. The number of hydrogen-bond donors (Lipinski definition) is 2. The van der Waals surface area contributed by atoms with Crippen LogP contribution in [0.2, 0.25) is 0 Å². The summed E-state index contributed by atoms with van der Waals surface area (Å²) in [5, 5.41) is 6.91. The molecule has 8 nitrogen and oxygen atoms in total. The van der Waals surface area contributed by atoms with Crippen molar-refractivity contribution in [1.29, 1.82) is 0 Å². The van der Waals surface area contributed by atoms with Crippen LogP contribution in [0.3, 0.4) is 0 Å². The van der Waals surface area contributed by atoms with Crippen LogP contribution in [0.25, 0.3) is 0 Å². The lowest BCUT2D eigenvalue weighted by Crippen LogP contribution is -2.21. The van der Waals surface area contributed by atoms with E-state index in [1.807, 2.05) is 0 Å². The molecule has 0 amide bonds. The second-order valence-corrected chi connectivity index (χ2v) is 9.38. The largest absolute Gasteiger partial charge is 0.465 e. The molecule has 1 aliphatic carbocycles. The lowest BCUT2D eigenvalue weighted by atomic mass is 9.88. The summed E-state index contributed by atoms with van der Waals surface area (Å²) in [4.78, 5) is 38.3. The van der Waals surface area contributed by atoms with Gasteiger partial charge in [0.05, 0.1) is 37.0 Å². The van der Waals surface area contributed by atoms with Gasteiger partial charge in [-0.3, -0.25) is 0 Å². The van der Waals surface area contributed by atoms with Crippen molar-refractivity contribution in [3.63, 3.8) is 0 Å². The quantitative estimate of drug-likeness (QED) is 0.312. The number of nitrogens with one attached hydrogen (secondary N) is 2. The van der Waals surface area contributed by atoms with Crippen LogP contribution in [-0.4, -0.2) is 43.3 Å². The van der Waals surface area contributed by atoms with Crippen LogP contribution < -0.4 is 10.6 Å². The number of methoxy groups -OCH3 is 1. The second kappa shape index (κ2) is 11.4.